The zero-order chi connectivity index (χ0) is 17.2. The Hall–Kier alpha value is -2.21. The first-order valence-corrected chi connectivity index (χ1v) is 9.07. The summed E-state index contributed by atoms with van der Waals surface area (Å²) >= 11 is 0. The topological polar surface area (TPSA) is 71.3 Å². The number of benzene rings is 1. The van der Waals surface area contributed by atoms with Crippen LogP contribution in [0.4, 0.5) is 0 Å². The van der Waals surface area contributed by atoms with E-state index in [4.69, 9.17) is 4.52 Å². The molecule has 6 heteroatoms. The van der Waals surface area contributed by atoms with Crippen molar-refractivity contribution in [3.63, 3.8) is 0 Å². The number of hydrogen-bond donors (Lipinski definition) is 1. The minimum atomic E-state index is -0.110. The van der Waals surface area contributed by atoms with Crippen LogP contribution in [0.3, 0.4) is 0 Å². The molecule has 3 heterocycles. The number of likely N-dealkylation sites (tertiary alicyclic amines) is 1. The van der Waals surface area contributed by atoms with E-state index in [9.17, 15) is 4.79 Å². The summed E-state index contributed by atoms with van der Waals surface area (Å²) in [6.45, 7) is 4.21. The highest BCUT2D eigenvalue weighted by molar-refractivity contribution is 5.82. The van der Waals surface area contributed by atoms with Gasteiger partial charge in [-0.25, -0.2) is 0 Å². The second-order valence-corrected chi connectivity index (χ2v) is 7.13. The van der Waals surface area contributed by atoms with Crippen LogP contribution in [0.5, 0.6) is 0 Å². The summed E-state index contributed by atoms with van der Waals surface area (Å²) in [5, 5.41) is 7.40. The molecule has 0 aliphatic carbocycles. The van der Waals surface area contributed by atoms with Crippen molar-refractivity contribution in [1.82, 2.24) is 20.4 Å². The third kappa shape index (κ3) is 3.58. The molecule has 0 unspecified atom stereocenters. The first kappa shape index (κ1) is 16.3. The normalized spacial score (nSPS) is 23.3. The molecule has 0 radical (unpaired) electrons. The van der Waals surface area contributed by atoms with Crippen LogP contribution < -0.4 is 5.32 Å². The van der Waals surface area contributed by atoms with Gasteiger partial charge in [0.15, 0.2) is 5.82 Å². The van der Waals surface area contributed by atoms with Crippen molar-refractivity contribution in [3.05, 3.63) is 47.1 Å². The highest BCUT2D eigenvalue weighted by Crippen LogP contribution is 2.23. The molecule has 0 saturated carbocycles. The lowest BCUT2D eigenvalue weighted by Crippen LogP contribution is -2.52. The molecule has 4 rings (SSSR count). The van der Waals surface area contributed by atoms with Crippen molar-refractivity contribution >= 4 is 5.91 Å². The maximum Gasteiger partial charge on any atom is 0.240 e. The quantitative estimate of drug-likeness (QED) is 0.924. The molecule has 0 bridgehead atoms. The Morgan fingerprint density at radius 3 is 3.00 bits per heavy atom. The molecule has 1 amide bonds. The molecule has 6 nitrogen and oxygen atoms in total. The number of nitrogens with zero attached hydrogens (tertiary/aromatic N) is 3. The maximum absolute atomic E-state index is 13.0. The van der Waals surface area contributed by atoms with E-state index in [2.05, 4.69) is 39.7 Å². The van der Waals surface area contributed by atoms with Gasteiger partial charge in [0.25, 0.3) is 0 Å². The van der Waals surface area contributed by atoms with Crippen molar-refractivity contribution in [1.29, 1.82) is 0 Å². The van der Waals surface area contributed by atoms with Gasteiger partial charge in [-0.2, -0.15) is 4.98 Å². The summed E-state index contributed by atoms with van der Waals surface area (Å²) in [4.78, 5) is 19.3. The number of carbonyl (C=O) groups excluding carboxylic acids is 1. The standard InChI is InChI=1S/C19H24N4O2/c1-13-21-18(22-25-13)9-14-5-4-8-23(12-14)19(24)17-10-15-6-2-3-7-16(15)11-20-17/h2-3,6-7,14,17,20H,4-5,8-12H2,1H3/t14-,17+/m0/s1. The van der Waals surface area contributed by atoms with Crippen molar-refractivity contribution in [2.45, 2.75) is 45.2 Å². The van der Waals surface area contributed by atoms with Gasteiger partial charge in [0.2, 0.25) is 11.8 Å². The van der Waals surface area contributed by atoms with E-state index in [0.29, 0.717) is 11.8 Å². The zero-order valence-corrected chi connectivity index (χ0v) is 14.6. The third-order valence-corrected chi connectivity index (χ3v) is 5.25. The van der Waals surface area contributed by atoms with E-state index in [0.717, 1.165) is 51.1 Å². The minimum Gasteiger partial charge on any atom is -0.341 e. The van der Waals surface area contributed by atoms with Crippen molar-refractivity contribution in [2.24, 2.45) is 5.92 Å². The molecule has 25 heavy (non-hydrogen) atoms. The van der Waals surface area contributed by atoms with E-state index >= 15 is 0 Å². The molecule has 2 aliphatic rings. The monoisotopic (exact) mass is 340 g/mol. The van der Waals surface area contributed by atoms with Gasteiger partial charge in [-0.15, -0.1) is 0 Å². The Balaban J connectivity index is 1.38. The Morgan fingerprint density at radius 1 is 1.36 bits per heavy atom. The zero-order valence-electron chi connectivity index (χ0n) is 14.6. The second kappa shape index (κ2) is 6.96. The number of nitrogens with one attached hydrogen (secondary N) is 1. The fraction of sp³-hybridized carbons (Fsp3) is 0.526. The van der Waals surface area contributed by atoms with Crippen molar-refractivity contribution < 1.29 is 9.32 Å². The number of amides is 1. The molecule has 0 spiro atoms. The number of piperidine rings is 1. The Morgan fingerprint density at radius 2 is 2.20 bits per heavy atom. The number of fused-ring (bicyclic) bond motifs is 1. The van der Waals surface area contributed by atoms with E-state index in [1.807, 2.05) is 4.90 Å². The highest BCUT2D eigenvalue weighted by atomic mass is 16.5. The van der Waals surface area contributed by atoms with Crippen LogP contribution in [0, 0.1) is 12.8 Å². The number of aromatic nitrogens is 2. The second-order valence-electron chi connectivity index (χ2n) is 7.13. The van der Waals surface area contributed by atoms with Gasteiger partial charge in [-0.3, -0.25) is 4.79 Å². The van der Waals surface area contributed by atoms with E-state index < -0.39 is 0 Å². The number of rotatable bonds is 3. The van der Waals surface area contributed by atoms with Crippen LogP contribution in [0.1, 0.15) is 35.7 Å². The molecule has 1 aromatic heterocycles. The Labute approximate surface area is 147 Å². The van der Waals surface area contributed by atoms with E-state index in [1.165, 1.54) is 11.1 Å². The fourth-order valence-corrected chi connectivity index (χ4v) is 3.96. The molecule has 1 fully saturated rings. The molecule has 2 aromatic rings. The van der Waals surface area contributed by atoms with Crippen LogP contribution in [0.25, 0.3) is 0 Å². The maximum atomic E-state index is 13.0. The van der Waals surface area contributed by atoms with Crippen LogP contribution in [0.15, 0.2) is 28.8 Å². The predicted octanol–water partition coefficient (Wildman–Crippen LogP) is 1.87. The van der Waals surface area contributed by atoms with Crippen LogP contribution in [0.2, 0.25) is 0 Å². The summed E-state index contributed by atoms with van der Waals surface area (Å²) in [7, 11) is 0. The smallest absolute Gasteiger partial charge is 0.240 e. The Kier molecular flexibility index (Phi) is 4.53. The molecule has 2 aliphatic heterocycles. The van der Waals surface area contributed by atoms with Gasteiger partial charge in [0, 0.05) is 33.0 Å². The first-order chi connectivity index (χ1) is 12.2. The Bertz CT molecular complexity index is 757. The molecular formula is C19H24N4O2. The number of hydrogen-bond acceptors (Lipinski definition) is 5. The summed E-state index contributed by atoms with van der Waals surface area (Å²) in [6.07, 6.45) is 3.71. The van der Waals surface area contributed by atoms with Gasteiger partial charge in [0.1, 0.15) is 0 Å². The largest absolute Gasteiger partial charge is 0.341 e. The summed E-state index contributed by atoms with van der Waals surface area (Å²) in [5.41, 5.74) is 2.59. The molecule has 132 valence electrons. The molecular weight excluding hydrogens is 316 g/mol. The molecule has 2 atom stereocenters. The van der Waals surface area contributed by atoms with Gasteiger partial charge >= 0.3 is 0 Å². The van der Waals surface area contributed by atoms with Crippen LogP contribution in [-0.2, 0) is 24.2 Å². The van der Waals surface area contributed by atoms with Gasteiger partial charge in [0.05, 0.1) is 6.04 Å². The van der Waals surface area contributed by atoms with Crippen LogP contribution >= 0.6 is 0 Å². The lowest BCUT2D eigenvalue weighted by atomic mass is 9.92. The van der Waals surface area contributed by atoms with E-state index in [1.54, 1.807) is 6.92 Å². The fourth-order valence-electron chi connectivity index (χ4n) is 3.96. The molecule has 1 aromatic carbocycles. The molecule has 1 saturated heterocycles. The summed E-state index contributed by atoms with van der Waals surface area (Å²) in [6, 6.07) is 8.26. The van der Waals surface area contributed by atoms with Gasteiger partial charge in [-0.05, 0) is 36.3 Å². The van der Waals surface area contributed by atoms with Crippen molar-refractivity contribution in [3.8, 4) is 0 Å². The summed E-state index contributed by atoms with van der Waals surface area (Å²) in [5.74, 6) is 1.99. The van der Waals surface area contributed by atoms with Gasteiger partial charge < -0.3 is 14.7 Å². The highest BCUT2D eigenvalue weighted by Gasteiger charge is 2.31. The lowest BCUT2D eigenvalue weighted by molar-refractivity contribution is -0.135. The minimum absolute atomic E-state index is 0.110. The number of carbonyl (C=O) groups is 1. The van der Waals surface area contributed by atoms with Crippen LogP contribution in [-0.4, -0.2) is 40.1 Å². The average molecular weight is 340 g/mol. The van der Waals surface area contributed by atoms with Crippen molar-refractivity contribution in [2.75, 3.05) is 13.1 Å². The first-order valence-electron chi connectivity index (χ1n) is 9.07. The number of aryl methyl sites for hydroxylation is 1. The predicted molar refractivity (Wildman–Crippen MR) is 92.8 cm³/mol. The summed E-state index contributed by atoms with van der Waals surface area (Å²) < 4.78 is 5.06. The lowest BCUT2D eigenvalue weighted by Gasteiger charge is -2.36. The SMILES string of the molecule is Cc1nc(C[C@@H]2CCCN(C(=O)[C@H]3Cc4ccccc4CN3)C2)no1. The van der Waals surface area contributed by atoms with E-state index in [-0.39, 0.29) is 11.9 Å². The average Bonchev–Trinajstić information content (AvgIpc) is 3.05. The third-order valence-electron chi connectivity index (χ3n) is 5.25. The molecule has 1 N–H and O–H groups in total. The van der Waals surface area contributed by atoms with Gasteiger partial charge in [-0.1, -0.05) is 29.4 Å².